The Balaban J connectivity index is 2.70. The average molecular weight is 371 g/mol. The molecule has 0 unspecified atom stereocenters. The van der Waals surface area contributed by atoms with Crippen molar-refractivity contribution in [3.63, 3.8) is 0 Å². The SMILES string of the molecule is Cc1cc(CN(C)CC(=O)N(C)CCC#N)cc(C)c1OCC(F)(F)F. The Morgan fingerprint density at radius 1 is 1.23 bits per heavy atom. The molecule has 0 aliphatic heterocycles. The van der Waals surface area contributed by atoms with Gasteiger partial charge in [0, 0.05) is 20.1 Å². The van der Waals surface area contributed by atoms with Gasteiger partial charge in [-0.25, -0.2) is 0 Å². The number of alkyl halides is 3. The monoisotopic (exact) mass is 371 g/mol. The van der Waals surface area contributed by atoms with Crippen LogP contribution in [0.3, 0.4) is 0 Å². The normalized spacial score (nSPS) is 11.3. The molecule has 0 spiro atoms. The summed E-state index contributed by atoms with van der Waals surface area (Å²) in [6.45, 7) is 3.11. The fourth-order valence-corrected chi connectivity index (χ4v) is 2.57. The second-order valence-corrected chi connectivity index (χ2v) is 6.36. The number of carbonyl (C=O) groups is 1. The molecular weight excluding hydrogens is 347 g/mol. The highest BCUT2D eigenvalue weighted by Gasteiger charge is 2.29. The van der Waals surface area contributed by atoms with E-state index in [2.05, 4.69) is 0 Å². The lowest BCUT2D eigenvalue weighted by Crippen LogP contribution is -2.36. The molecule has 0 saturated carbocycles. The van der Waals surface area contributed by atoms with Crippen molar-refractivity contribution in [2.24, 2.45) is 0 Å². The van der Waals surface area contributed by atoms with Gasteiger partial charge < -0.3 is 9.64 Å². The lowest BCUT2D eigenvalue weighted by atomic mass is 10.1. The van der Waals surface area contributed by atoms with Gasteiger partial charge in [-0.1, -0.05) is 12.1 Å². The van der Waals surface area contributed by atoms with Gasteiger partial charge in [-0.15, -0.1) is 0 Å². The van der Waals surface area contributed by atoms with Crippen LogP contribution in [0.5, 0.6) is 5.75 Å². The van der Waals surface area contributed by atoms with Crippen LogP contribution in [0.25, 0.3) is 0 Å². The molecule has 1 rings (SSSR count). The molecular formula is C18H24F3N3O2. The average Bonchev–Trinajstić information content (AvgIpc) is 2.50. The molecule has 0 bridgehead atoms. The van der Waals surface area contributed by atoms with Crippen LogP contribution in [0.15, 0.2) is 12.1 Å². The largest absolute Gasteiger partial charge is 0.484 e. The van der Waals surface area contributed by atoms with Gasteiger partial charge in [0.15, 0.2) is 6.61 Å². The van der Waals surface area contributed by atoms with Crippen molar-refractivity contribution in [2.75, 3.05) is 33.8 Å². The number of ether oxygens (including phenoxy) is 1. The van der Waals surface area contributed by atoms with E-state index in [0.29, 0.717) is 24.2 Å². The fourth-order valence-electron chi connectivity index (χ4n) is 2.57. The zero-order valence-corrected chi connectivity index (χ0v) is 15.5. The molecule has 144 valence electrons. The number of hydrogen-bond acceptors (Lipinski definition) is 4. The number of halogens is 3. The van der Waals surface area contributed by atoms with Gasteiger partial charge in [0.05, 0.1) is 19.0 Å². The van der Waals surface area contributed by atoms with Gasteiger partial charge in [-0.3, -0.25) is 9.69 Å². The summed E-state index contributed by atoms with van der Waals surface area (Å²) in [6.07, 6.45) is -4.10. The molecule has 26 heavy (non-hydrogen) atoms. The van der Waals surface area contributed by atoms with Crippen LogP contribution >= 0.6 is 0 Å². The van der Waals surface area contributed by atoms with E-state index in [1.165, 1.54) is 4.90 Å². The lowest BCUT2D eigenvalue weighted by molar-refractivity contribution is -0.153. The summed E-state index contributed by atoms with van der Waals surface area (Å²) in [5.41, 5.74) is 2.12. The molecule has 8 heteroatoms. The number of nitriles is 1. The summed E-state index contributed by atoms with van der Waals surface area (Å²) in [7, 11) is 3.43. The molecule has 0 radical (unpaired) electrons. The third kappa shape index (κ3) is 7.31. The minimum atomic E-state index is -4.38. The molecule has 0 aromatic heterocycles. The third-order valence-corrected chi connectivity index (χ3v) is 3.74. The molecule has 5 nitrogen and oxygen atoms in total. The zero-order valence-electron chi connectivity index (χ0n) is 15.5. The minimum absolute atomic E-state index is 0.0960. The van der Waals surface area contributed by atoms with E-state index >= 15 is 0 Å². The predicted molar refractivity (Wildman–Crippen MR) is 91.7 cm³/mol. The Labute approximate surface area is 151 Å². The van der Waals surface area contributed by atoms with E-state index in [0.717, 1.165) is 5.56 Å². The van der Waals surface area contributed by atoms with Crippen LogP contribution in [0.2, 0.25) is 0 Å². The summed E-state index contributed by atoms with van der Waals surface area (Å²) in [6, 6.07) is 5.52. The van der Waals surface area contributed by atoms with Gasteiger partial charge in [0.25, 0.3) is 0 Å². The van der Waals surface area contributed by atoms with E-state index < -0.39 is 12.8 Å². The van der Waals surface area contributed by atoms with E-state index in [4.69, 9.17) is 10.00 Å². The zero-order chi connectivity index (χ0) is 19.9. The molecule has 1 aromatic carbocycles. The lowest BCUT2D eigenvalue weighted by Gasteiger charge is -2.22. The summed E-state index contributed by atoms with van der Waals surface area (Å²) < 4.78 is 41.9. The minimum Gasteiger partial charge on any atom is -0.484 e. The van der Waals surface area contributed by atoms with E-state index in [9.17, 15) is 18.0 Å². The van der Waals surface area contributed by atoms with Crippen molar-refractivity contribution in [1.82, 2.24) is 9.80 Å². The van der Waals surface area contributed by atoms with E-state index in [1.54, 1.807) is 40.1 Å². The molecule has 0 aliphatic rings. The van der Waals surface area contributed by atoms with Crippen LogP contribution in [0.4, 0.5) is 13.2 Å². The van der Waals surface area contributed by atoms with Gasteiger partial charge in [-0.05, 0) is 37.6 Å². The van der Waals surface area contributed by atoms with Crippen LogP contribution in [0, 0.1) is 25.2 Å². The Morgan fingerprint density at radius 3 is 2.31 bits per heavy atom. The van der Waals surface area contributed by atoms with Crippen molar-refractivity contribution in [2.45, 2.75) is 33.0 Å². The van der Waals surface area contributed by atoms with Crippen molar-refractivity contribution in [3.8, 4) is 11.8 Å². The van der Waals surface area contributed by atoms with Gasteiger partial charge >= 0.3 is 6.18 Å². The first-order valence-electron chi connectivity index (χ1n) is 8.12. The topological polar surface area (TPSA) is 56.6 Å². The van der Waals surface area contributed by atoms with Gasteiger partial charge in [0.1, 0.15) is 5.75 Å². The fraction of sp³-hybridized carbons (Fsp3) is 0.556. The van der Waals surface area contributed by atoms with Crippen molar-refractivity contribution >= 4 is 5.91 Å². The first-order valence-corrected chi connectivity index (χ1v) is 8.12. The summed E-state index contributed by atoms with van der Waals surface area (Å²) in [4.78, 5) is 15.4. The molecule has 1 amide bonds. The Kier molecular flexibility index (Phi) is 7.90. The van der Waals surface area contributed by atoms with Crippen molar-refractivity contribution < 1.29 is 22.7 Å². The number of amides is 1. The summed E-state index contributed by atoms with van der Waals surface area (Å²) in [5.74, 6) is 0.141. The number of benzene rings is 1. The highest BCUT2D eigenvalue weighted by Crippen LogP contribution is 2.27. The van der Waals surface area contributed by atoms with Crippen LogP contribution in [0.1, 0.15) is 23.1 Å². The molecule has 0 N–H and O–H groups in total. The van der Waals surface area contributed by atoms with Crippen molar-refractivity contribution in [1.29, 1.82) is 5.26 Å². The number of hydrogen-bond donors (Lipinski definition) is 0. The molecule has 0 heterocycles. The summed E-state index contributed by atoms with van der Waals surface area (Å²) in [5, 5.41) is 8.56. The maximum Gasteiger partial charge on any atom is 0.422 e. The second-order valence-electron chi connectivity index (χ2n) is 6.36. The number of likely N-dealkylation sites (N-methyl/N-ethyl adjacent to an activating group) is 2. The first kappa shape index (κ1) is 21.8. The maximum atomic E-state index is 12.3. The molecule has 1 aromatic rings. The van der Waals surface area contributed by atoms with Crippen LogP contribution in [-0.2, 0) is 11.3 Å². The van der Waals surface area contributed by atoms with Crippen LogP contribution in [-0.4, -0.2) is 55.7 Å². The Hall–Kier alpha value is -2.27. The quantitative estimate of drug-likeness (QED) is 0.705. The first-order chi connectivity index (χ1) is 12.0. The van der Waals surface area contributed by atoms with Gasteiger partial charge in [0.2, 0.25) is 5.91 Å². The number of aryl methyl sites for hydroxylation is 2. The number of carbonyl (C=O) groups excluding carboxylic acids is 1. The standard InChI is InChI=1S/C18H24F3N3O2/c1-13-8-15(9-14(2)17(13)26-12-18(19,20)21)10-23(3)11-16(25)24(4)7-5-6-22/h8-9H,5,7,10-12H2,1-4H3. The van der Waals surface area contributed by atoms with Gasteiger partial charge in [-0.2, -0.15) is 18.4 Å². The van der Waals surface area contributed by atoms with Crippen LogP contribution < -0.4 is 4.74 Å². The molecule has 0 fully saturated rings. The number of nitrogens with zero attached hydrogens (tertiary/aromatic N) is 3. The van der Waals surface area contributed by atoms with E-state index in [-0.39, 0.29) is 24.6 Å². The second kappa shape index (κ2) is 9.43. The molecule has 0 atom stereocenters. The van der Waals surface area contributed by atoms with Crippen molar-refractivity contribution in [3.05, 3.63) is 28.8 Å². The maximum absolute atomic E-state index is 12.3. The Morgan fingerprint density at radius 2 is 1.81 bits per heavy atom. The smallest absolute Gasteiger partial charge is 0.422 e. The number of rotatable bonds is 8. The highest BCUT2D eigenvalue weighted by molar-refractivity contribution is 5.77. The molecule has 0 aliphatic carbocycles. The van der Waals surface area contributed by atoms with E-state index in [1.807, 2.05) is 11.0 Å². The molecule has 0 saturated heterocycles. The highest BCUT2D eigenvalue weighted by atomic mass is 19.4. The Bertz CT molecular complexity index is 646. The summed E-state index contributed by atoms with van der Waals surface area (Å²) >= 11 is 0. The third-order valence-electron chi connectivity index (χ3n) is 3.74. The predicted octanol–water partition coefficient (Wildman–Crippen LogP) is 3.05.